The molecule has 0 unspecified atom stereocenters. The van der Waals surface area contributed by atoms with E-state index in [1.165, 1.54) is 4.90 Å². The predicted molar refractivity (Wildman–Crippen MR) is 89.8 cm³/mol. The number of furan rings is 1. The summed E-state index contributed by atoms with van der Waals surface area (Å²) in [7, 11) is 4.12. The van der Waals surface area contributed by atoms with Crippen LogP contribution in [0.15, 0.2) is 28.7 Å². The van der Waals surface area contributed by atoms with E-state index >= 15 is 0 Å². The summed E-state index contributed by atoms with van der Waals surface area (Å²) >= 11 is 5.09. The molecule has 7 heteroatoms. The minimum Gasteiger partial charge on any atom is -0.451 e. The highest BCUT2D eigenvalue weighted by atomic mass is 32.1. The number of benzene rings is 1. The molecule has 0 spiro atoms. The van der Waals surface area contributed by atoms with Crippen molar-refractivity contribution >= 4 is 34.2 Å². The molecule has 4 N–H and O–H groups in total. The Morgan fingerprint density at radius 3 is 2.68 bits per heavy atom. The summed E-state index contributed by atoms with van der Waals surface area (Å²) in [5.74, 6) is -0.0645. The second kappa shape index (κ2) is 7.24. The molecule has 2 aromatic rings. The number of amides is 1. The Morgan fingerprint density at radius 2 is 2.00 bits per heavy atom. The summed E-state index contributed by atoms with van der Waals surface area (Å²) in [6, 6.07) is 7.55. The number of thiocarbonyl (C=S) groups is 1. The number of fused-ring (bicyclic) bond motifs is 1. The number of nitrogens with one attached hydrogen (secondary N) is 4. The number of quaternary nitrogens is 1. The van der Waals surface area contributed by atoms with Crippen LogP contribution in [0.5, 0.6) is 0 Å². The molecule has 0 fully saturated rings. The molecular weight excluding hydrogens is 300 g/mol. The molecule has 6 nitrogen and oxygen atoms in total. The lowest BCUT2D eigenvalue weighted by Crippen LogP contribution is -3.06. The molecule has 22 heavy (non-hydrogen) atoms. The van der Waals surface area contributed by atoms with E-state index in [0.717, 1.165) is 24.0 Å². The standard InChI is InChI=1S/C15H20N4O2S/c1-10-11-6-4-5-7-12(11)21-13(10)14(20)17-18-15(22)16-8-9-19(2)3/h4-7H,8-9H2,1-3H3,(H,17,20)(H2,16,18,22)/p+1. The van der Waals surface area contributed by atoms with Gasteiger partial charge in [-0.3, -0.25) is 15.6 Å². The van der Waals surface area contributed by atoms with Crippen LogP contribution in [0.1, 0.15) is 16.1 Å². The third kappa shape index (κ3) is 3.96. The van der Waals surface area contributed by atoms with E-state index in [-0.39, 0.29) is 11.7 Å². The third-order valence-electron chi connectivity index (χ3n) is 3.25. The molecule has 1 heterocycles. The van der Waals surface area contributed by atoms with Crippen LogP contribution in [0.4, 0.5) is 0 Å². The van der Waals surface area contributed by atoms with Crippen LogP contribution in [0, 0.1) is 6.92 Å². The van der Waals surface area contributed by atoms with Crippen LogP contribution < -0.4 is 21.1 Å². The molecule has 0 aliphatic rings. The van der Waals surface area contributed by atoms with Crippen LogP contribution in [0.3, 0.4) is 0 Å². The monoisotopic (exact) mass is 321 g/mol. The van der Waals surface area contributed by atoms with Crippen LogP contribution >= 0.6 is 12.2 Å². The number of likely N-dealkylation sites (N-methyl/N-ethyl adjacent to an activating group) is 1. The number of carbonyl (C=O) groups is 1. The Hall–Kier alpha value is -2.12. The molecule has 0 radical (unpaired) electrons. The van der Waals surface area contributed by atoms with Crippen molar-refractivity contribution in [1.29, 1.82) is 0 Å². The van der Waals surface area contributed by atoms with Crippen molar-refractivity contribution in [2.45, 2.75) is 6.92 Å². The number of aryl methyl sites for hydroxylation is 1. The molecule has 1 amide bonds. The van der Waals surface area contributed by atoms with Crippen LogP contribution in [0.25, 0.3) is 11.0 Å². The maximum atomic E-state index is 12.2. The summed E-state index contributed by atoms with van der Waals surface area (Å²) in [6.45, 7) is 3.52. The number of hydrazine groups is 1. The number of rotatable bonds is 4. The summed E-state index contributed by atoms with van der Waals surface area (Å²) in [6.07, 6.45) is 0. The van der Waals surface area contributed by atoms with E-state index in [1.54, 1.807) is 0 Å². The maximum absolute atomic E-state index is 12.2. The van der Waals surface area contributed by atoms with E-state index in [4.69, 9.17) is 16.6 Å². The first-order chi connectivity index (χ1) is 10.5. The Bertz CT molecular complexity index is 681. The third-order valence-corrected chi connectivity index (χ3v) is 3.50. The average molecular weight is 321 g/mol. The maximum Gasteiger partial charge on any atom is 0.305 e. The average Bonchev–Trinajstić information content (AvgIpc) is 2.82. The summed E-state index contributed by atoms with van der Waals surface area (Å²) in [5.41, 5.74) is 6.73. The highest BCUT2D eigenvalue weighted by Gasteiger charge is 2.17. The van der Waals surface area contributed by atoms with E-state index in [2.05, 4.69) is 30.3 Å². The lowest BCUT2D eigenvalue weighted by molar-refractivity contribution is -0.856. The fraction of sp³-hybridized carbons (Fsp3) is 0.333. The van der Waals surface area contributed by atoms with Gasteiger partial charge >= 0.3 is 5.91 Å². The van der Waals surface area contributed by atoms with Gasteiger partial charge in [-0.1, -0.05) is 18.2 Å². The van der Waals surface area contributed by atoms with E-state index in [9.17, 15) is 4.79 Å². The number of carbonyl (C=O) groups excluding carboxylic acids is 1. The van der Waals surface area contributed by atoms with Crippen molar-refractivity contribution in [3.63, 3.8) is 0 Å². The highest BCUT2D eigenvalue weighted by Crippen LogP contribution is 2.24. The molecule has 0 bridgehead atoms. The SMILES string of the molecule is Cc1c(C(=O)NNC(=S)NCC[NH+](C)C)oc2ccccc12. The van der Waals surface area contributed by atoms with Crippen molar-refractivity contribution in [3.8, 4) is 0 Å². The molecule has 0 saturated heterocycles. The topological polar surface area (TPSA) is 70.7 Å². The van der Waals surface area contributed by atoms with Gasteiger partial charge in [-0.15, -0.1) is 0 Å². The van der Waals surface area contributed by atoms with Gasteiger partial charge in [0.05, 0.1) is 27.2 Å². The number of para-hydroxylation sites is 1. The molecule has 2 rings (SSSR count). The fourth-order valence-electron chi connectivity index (χ4n) is 2.03. The van der Waals surface area contributed by atoms with E-state index in [1.807, 2.05) is 31.2 Å². The molecule has 0 aliphatic carbocycles. The molecule has 1 aromatic carbocycles. The van der Waals surface area contributed by atoms with Crippen molar-refractivity contribution in [2.75, 3.05) is 27.2 Å². The molecule has 0 atom stereocenters. The Morgan fingerprint density at radius 1 is 1.27 bits per heavy atom. The largest absolute Gasteiger partial charge is 0.451 e. The van der Waals surface area contributed by atoms with Crippen molar-refractivity contribution < 1.29 is 14.1 Å². The molecule has 0 saturated carbocycles. The van der Waals surface area contributed by atoms with Gasteiger partial charge in [0.15, 0.2) is 10.9 Å². The van der Waals surface area contributed by atoms with Gasteiger partial charge in [-0.2, -0.15) is 0 Å². The van der Waals surface area contributed by atoms with E-state index in [0.29, 0.717) is 10.7 Å². The lowest BCUT2D eigenvalue weighted by Gasteiger charge is -2.12. The summed E-state index contributed by atoms with van der Waals surface area (Å²) < 4.78 is 5.59. The molecule has 118 valence electrons. The van der Waals surface area contributed by atoms with Gasteiger partial charge in [0.25, 0.3) is 0 Å². The fourth-order valence-corrected chi connectivity index (χ4v) is 2.18. The Balaban J connectivity index is 1.91. The Labute approximate surface area is 134 Å². The minimum absolute atomic E-state index is 0.286. The van der Waals surface area contributed by atoms with Gasteiger partial charge in [-0.25, -0.2) is 0 Å². The number of hydrogen-bond donors (Lipinski definition) is 4. The van der Waals surface area contributed by atoms with Crippen molar-refractivity contribution in [1.82, 2.24) is 16.2 Å². The van der Waals surface area contributed by atoms with Gasteiger partial charge in [0.2, 0.25) is 0 Å². The van der Waals surface area contributed by atoms with Crippen molar-refractivity contribution in [2.24, 2.45) is 0 Å². The lowest BCUT2D eigenvalue weighted by atomic mass is 10.1. The zero-order valence-corrected chi connectivity index (χ0v) is 13.8. The first-order valence-corrected chi connectivity index (χ1v) is 7.51. The molecule has 1 aromatic heterocycles. The van der Waals surface area contributed by atoms with Gasteiger partial charge in [0, 0.05) is 10.9 Å². The van der Waals surface area contributed by atoms with Gasteiger partial charge in [0.1, 0.15) is 5.58 Å². The molecular formula is C15H21N4O2S+. The van der Waals surface area contributed by atoms with Gasteiger partial charge < -0.3 is 14.6 Å². The minimum atomic E-state index is -0.351. The highest BCUT2D eigenvalue weighted by molar-refractivity contribution is 7.80. The second-order valence-corrected chi connectivity index (χ2v) is 5.75. The normalized spacial score (nSPS) is 10.7. The first kappa shape index (κ1) is 16.3. The van der Waals surface area contributed by atoms with E-state index < -0.39 is 0 Å². The quantitative estimate of drug-likeness (QED) is 0.471. The second-order valence-electron chi connectivity index (χ2n) is 5.34. The summed E-state index contributed by atoms with van der Waals surface area (Å²) in [5, 5.41) is 4.33. The van der Waals surface area contributed by atoms with Crippen LogP contribution in [-0.2, 0) is 0 Å². The molecule has 0 aliphatic heterocycles. The zero-order valence-electron chi connectivity index (χ0n) is 12.9. The first-order valence-electron chi connectivity index (χ1n) is 7.10. The van der Waals surface area contributed by atoms with Gasteiger partial charge in [-0.05, 0) is 25.2 Å². The summed E-state index contributed by atoms with van der Waals surface area (Å²) in [4.78, 5) is 13.5. The van der Waals surface area contributed by atoms with Crippen LogP contribution in [-0.4, -0.2) is 38.2 Å². The van der Waals surface area contributed by atoms with Crippen LogP contribution in [0.2, 0.25) is 0 Å². The number of hydrogen-bond acceptors (Lipinski definition) is 3. The Kier molecular flexibility index (Phi) is 5.35. The van der Waals surface area contributed by atoms with Crippen molar-refractivity contribution in [3.05, 3.63) is 35.6 Å². The smallest absolute Gasteiger partial charge is 0.305 e. The zero-order chi connectivity index (χ0) is 16.1. The predicted octanol–water partition coefficient (Wildman–Crippen LogP) is -0.00538.